The lowest BCUT2D eigenvalue weighted by atomic mass is 9.88. The second-order valence-corrected chi connectivity index (χ2v) is 6.46. The third-order valence-electron chi connectivity index (χ3n) is 1.86. The van der Waals surface area contributed by atoms with Crippen LogP contribution in [0.2, 0.25) is 0 Å². The topological polar surface area (TPSA) is 87.0 Å². The molecule has 0 aliphatic heterocycles. The van der Waals surface area contributed by atoms with Gasteiger partial charge in [0, 0.05) is 11.7 Å². The van der Waals surface area contributed by atoms with Crippen molar-refractivity contribution in [3.05, 3.63) is 0 Å². The van der Waals surface area contributed by atoms with E-state index in [4.69, 9.17) is 10.3 Å². The molecule has 0 fully saturated rings. The molecule has 0 aromatic carbocycles. The first-order valence-corrected chi connectivity index (χ1v) is 6.12. The molecular weight excluding hydrogens is 206 g/mol. The zero-order chi connectivity index (χ0) is 11.6. The van der Waals surface area contributed by atoms with Gasteiger partial charge in [-0.1, -0.05) is 25.9 Å². The Balaban J connectivity index is 5.25. The molecule has 0 radical (unpaired) electrons. The van der Waals surface area contributed by atoms with Gasteiger partial charge in [0.1, 0.15) is 5.25 Å². The maximum absolute atomic E-state index is 11.3. The third kappa shape index (κ3) is 3.26. The van der Waals surface area contributed by atoms with Gasteiger partial charge in [0.05, 0.1) is 12.3 Å². The average Bonchev–Trinajstić information content (AvgIpc) is 1.94. The van der Waals surface area contributed by atoms with E-state index < -0.39 is 27.1 Å². The molecule has 84 valence electrons. The number of nitrogens with zero attached hydrogens (tertiary/aromatic N) is 1. The number of rotatable bonds is 3. The van der Waals surface area contributed by atoms with E-state index in [1.54, 1.807) is 20.8 Å². The molecule has 1 atom stereocenters. The second kappa shape index (κ2) is 4.27. The summed E-state index contributed by atoms with van der Waals surface area (Å²) in [7, 11) is -3.45. The molecule has 0 spiro atoms. The zero-order valence-electron chi connectivity index (χ0n) is 8.85. The van der Waals surface area contributed by atoms with Gasteiger partial charge >= 0.3 is 0 Å². The monoisotopic (exact) mass is 223 g/mol. The highest BCUT2D eigenvalue weighted by atomic mass is 32.2. The highest BCUT2D eigenvalue weighted by Gasteiger charge is 2.34. The van der Waals surface area contributed by atoms with Crippen molar-refractivity contribution in [2.45, 2.75) is 26.0 Å². The molecule has 0 bridgehead atoms. The van der Waals surface area contributed by atoms with Gasteiger partial charge in [-0.3, -0.25) is 0 Å². The van der Waals surface area contributed by atoms with Crippen LogP contribution >= 0.6 is 0 Å². The number of oxime groups is 1. The van der Waals surface area contributed by atoms with Crippen LogP contribution in [0.15, 0.2) is 5.16 Å². The highest BCUT2D eigenvalue weighted by Crippen LogP contribution is 2.21. The van der Waals surface area contributed by atoms with Crippen molar-refractivity contribution in [1.29, 1.82) is 0 Å². The molecule has 0 aromatic heterocycles. The molecule has 0 amide bonds. The summed E-state index contributed by atoms with van der Waals surface area (Å²) >= 11 is 0. The largest absolute Gasteiger partial charge is 0.411 e. The van der Waals surface area contributed by atoms with Gasteiger partial charge in [0.2, 0.25) is 0 Å². The summed E-state index contributed by atoms with van der Waals surface area (Å²) < 4.78 is 22.5. The molecule has 14 heavy (non-hydrogen) atoms. The second-order valence-electron chi connectivity index (χ2n) is 4.24. The van der Waals surface area contributed by atoms with Crippen molar-refractivity contribution in [1.82, 2.24) is 0 Å². The lowest BCUT2D eigenvalue weighted by Crippen LogP contribution is -2.40. The first-order valence-electron chi connectivity index (χ1n) is 4.16. The molecule has 0 aliphatic rings. The van der Waals surface area contributed by atoms with Gasteiger partial charge < -0.3 is 10.3 Å². The standard InChI is InChI=1S/C8H17NO4S/c1-8(2,3)7(9-11)6(5-10)14(4,12)13/h6,10-11H,5H2,1-4H3. The van der Waals surface area contributed by atoms with Gasteiger partial charge in [-0.2, -0.15) is 0 Å². The summed E-state index contributed by atoms with van der Waals surface area (Å²) in [6.07, 6.45) is 1.00. The Hall–Kier alpha value is -0.620. The van der Waals surface area contributed by atoms with Crippen LogP contribution in [-0.2, 0) is 9.84 Å². The van der Waals surface area contributed by atoms with E-state index in [2.05, 4.69) is 5.16 Å². The van der Waals surface area contributed by atoms with Gasteiger partial charge in [-0.05, 0) is 0 Å². The van der Waals surface area contributed by atoms with Gasteiger partial charge in [-0.15, -0.1) is 0 Å². The quantitative estimate of drug-likeness (QED) is 0.408. The number of aliphatic hydroxyl groups excluding tert-OH is 1. The molecule has 0 saturated heterocycles. The van der Waals surface area contributed by atoms with Crippen molar-refractivity contribution in [2.75, 3.05) is 12.9 Å². The van der Waals surface area contributed by atoms with Crippen molar-refractivity contribution >= 4 is 15.5 Å². The van der Waals surface area contributed by atoms with E-state index in [9.17, 15) is 8.42 Å². The van der Waals surface area contributed by atoms with Gasteiger partial charge in [0.25, 0.3) is 0 Å². The fourth-order valence-electron chi connectivity index (χ4n) is 1.12. The maximum Gasteiger partial charge on any atom is 0.158 e. The third-order valence-corrected chi connectivity index (χ3v) is 3.27. The number of hydrogen-bond donors (Lipinski definition) is 2. The summed E-state index contributed by atoms with van der Waals surface area (Å²) in [5.41, 5.74) is -0.520. The first-order chi connectivity index (χ1) is 6.14. The molecule has 0 aliphatic carbocycles. The maximum atomic E-state index is 11.3. The van der Waals surface area contributed by atoms with Crippen LogP contribution in [0.1, 0.15) is 20.8 Å². The van der Waals surface area contributed by atoms with E-state index in [-0.39, 0.29) is 5.71 Å². The first kappa shape index (κ1) is 13.4. The Labute approximate surface area is 84.4 Å². The molecule has 0 heterocycles. The van der Waals surface area contributed by atoms with Crippen LogP contribution in [0.25, 0.3) is 0 Å². The summed E-state index contributed by atoms with van der Waals surface area (Å²) in [4.78, 5) is 0. The number of hydrogen-bond acceptors (Lipinski definition) is 5. The smallest absolute Gasteiger partial charge is 0.158 e. The molecule has 5 nitrogen and oxygen atoms in total. The number of sulfone groups is 1. The molecular formula is C8H17NO4S. The zero-order valence-corrected chi connectivity index (χ0v) is 9.67. The summed E-state index contributed by atoms with van der Waals surface area (Å²) in [5, 5.41) is 19.5. The molecule has 0 saturated carbocycles. The van der Waals surface area contributed by atoms with Gasteiger partial charge in [0.15, 0.2) is 9.84 Å². The minimum absolute atomic E-state index is 0.0718. The average molecular weight is 223 g/mol. The summed E-state index contributed by atoms with van der Waals surface area (Å²) in [6.45, 7) is 4.58. The predicted octanol–water partition coefficient (Wildman–Crippen LogP) is 0.268. The van der Waals surface area contributed by atoms with E-state index in [1.165, 1.54) is 0 Å². The van der Waals surface area contributed by atoms with Crippen LogP contribution in [0.3, 0.4) is 0 Å². The fraction of sp³-hybridized carbons (Fsp3) is 0.875. The van der Waals surface area contributed by atoms with E-state index in [0.29, 0.717) is 0 Å². The fourth-order valence-corrected chi connectivity index (χ4v) is 2.20. The van der Waals surface area contributed by atoms with Crippen LogP contribution in [0.4, 0.5) is 0 Å². The normalized spacial score (nSPS) is 16.8. The molecule has 0 aromatic rings. The van der Waals surface area contributed by atoms with Crippen LogP contribution in [0.5, 0.6) is 0 Å². The van der Waals surface area contributed by atoms with Crippen molar-refractivity contribution < 1.29 is 18.7 Å². The molecule has 1 unspecified atom stereocenters. The molecule has 6 heteroatoms. The Morgan fingerprint density at radius 1 is 1.43 bits per heavy atom. The van der Waals surface area contributed by atoms with E-state index in [0.717, 1.165) is 6.26 Å². The van der Waals surface area contributed by atoms with Crippen LogP contribution in [0, 0.1) is 5.41 Å². The van der Waals surface area contributed by atoms with Gasteiger partial charge in [-0.25, -0.2) is 8.42 Å². The van der Waals surface area contributed by atoms with Crippen molar-refractivity contribution in [2.24, 2.45) is 10.6 Å². The lowest BCUT2D eigenvalue weighted by Gasteiger charge is -2.25. The Kier molecular flexibility index (Phi) is 4.08. The lowest BCUT2D eigenvalue weighted by molar-refractivity contribution is 0.286. The predicted molar refractivity (Wildman–Crippen MR) is 54.4 cm³/mol. The van der Waals surface area contributed by atoms with Crippen molar-refractivity contribution in [3.63, 3.8) is 0 Å². The molecule has 0 rings (SSSR count). The van der Waals surface area contributed by atoms with E-state index >= 15 is 0 Å². The minimum Gasteiger partial charge on any atom is -0.411 e. The van der Waals surface area contributed by atoms with Crippen molar-refractivity contribution in [3.8, 4) is 0 Å². The summed E-state index contributed by atoms with van der Waals surface area (Å²) in [6, 6.07) is 0. The Morgan fingerprint density at radius 2 is 1.86 bits per heavy atom. The highest BCUT2D eigenvalue weighted by molar-refractivity contribution is 7.92. The Morgan fingerprint density at radius 3 is 1.93 bits per heavy atom. The minimum atomic E-state index is -3.45. The van der Waals surface area contributed by atoms with E-state index in [1.807, 2.05) is 0 Å². The SMILES string of the molecule is CC(C)(C)C(=NO)C(CO)S(C)(=O)=O. The Bertz CT molecular complexity index is 313. The number of aliphatic hydroxyl groups is 1. The van der Waals surface area contributed by atoms with Crippen LogP contribution in [-0.4, -0.2) is 42.6 Å². The molecule has 2 N–H and O–H groups in total. The van der Waals surface area contributed by atoms with Crippen LogP contribution < -0.4 is 0 Å². The summed E-state index contributed by atoms with van der Waals surface area (Å²) in [5.74, 6) is 0.